The van der Waals surface area contributed by atoms with Crippen LogP contribution >= 0.6 is 23.2 Å². The summed E-state index contributed by atoms with van der Waals surface area (Å²) in [5, 5.41) is 11.5. The molecule has 140 valence electrons. The van der Waals surface area contributed by atoms with E-state index >= 15 is 0 Å². The molecule has 0 saturated heterocycles. The fraction of sp³-hybridized carbons (Fsp3) is 0.0588. The molecule has 10 heteroatoms. The molecule has 2 N–H and O–H groups in total. The molecular weight excluding hydrogens is 408 g/mol. The molecule has 2 aromatic rings. The van der Waals surface area contributed by atoms with Gasteiger partial charge in [0.1, 0.15) is 16.5 Å². The van der Waals surface area contributed by atoms with E-state index in [0.717, 1.165) is 12.1 Å². The number of carbonyl (C=O) groups is 2. The summed E-state index contributed by atoms with van der Waals surface area (Å²) in [7, 11) is 0. The average Bonchev–Trinajstić information content (AvgIpc) is 2.80. The Morgan fingerprint density at radius 2 is 1.67 bits per heavy atom. The van der Waals surface area contributed by atoms with Crippen LogP contribution in [0.25, 0.3) is 0 Å². The highest BCUT2D eigenvalue weighted by Gasteiger charge is 2.41. The van der Waals surface area contributed by atoms with Crippen molar-refractivity contribution in [2.45, 2.75) is 6.18 Å². The van der Waals surface area contributed by atoms with Gasteiger partial charge in [-0.15, -0.1) is 0 Å². The molecule has 0 unspecified atom stereocenters. The number of aromatic hydroxyl groups is 1. The summed E-state index contributed by atoms with van der Waals surface area (Å²) >= 11 is 11.8. The molecule has 0 aromatic heterocycles. The summed E-state index contributed by atoms with van der Waals surface area (Å²) in [5.41, 5.74) is -1.84. The number of hydrogen-bond acceptors (Lipinski definition) is 4. The lowest BCUT2D eigenvalue weighted by Crippen LogP contribution is -2.32. The minimum Gasteiger partial charge on any atom is -0.506 e. The van der Waals surface area contributed by atoms with Gasteiger partial charge in [0.2, 0.25) is 0 Å². The van der Waals surface area contributed by atoms with Crippen molar-refractivity contribution in [3.05, 3.63) is 63.8 Å². The number of nitrogens with one attached hydrogen (secondary N) is 1. The monoisotopic (exact) mass is 416 g/mol. The van der Waals surface area contributed by atoms with Crippen LogP contribution < -0.4 is 10.2 Å². The van der Waals surface area contributed by atoms with Gasteiger partial charge in [0, 0.05) is 0 Å². The molecule has 1 aliphatic heterocycles. The molecule has 0 fully saturated rings. The van der Waals surface area contributed by atoms with Gasteiger partial charge in [-0.2, -0.15) is 13.2 Å². The minimum atomic E-state index is -4.70. The number of hydrogen-bond donors (Lipinski definition) is 2. The molecule has 0 spiro atoms. The zero-order valence-corrected chi connectivity index (χ0v) is 14.7. The van der Waals surface area contributed by atoms with Crippen LogP contribution in [0.15, 0.2) is 53.2 Å². The quantitative estimate of drug-likeness (QED) is 0.570. The van der Waals surface area contributed by atoms with Crippen LogP contribution in [0.2, 0.25) is 5.02 Å². The van der Waals surface area contributed by atoms with Gasteiger partial charge in [0.25, 0.3) is 11.8 Å². The maximum absolute atomic E-state index is 13.0. The number of anilines is 2. The lowest BCUT2D eigenvalue weighted by molar-refractivity contribution is -0.137. The molecule has 0 saturated carbocycles. The Morgan fingerprint density at radius 1 is 1.00 bits per heavy atom. The van der Waals surface area contributed by atoms with Gasteiger partial charge in [-0.25, -0.2) is 4.90 Å². The summed E-state index contributed by atoms with van der Waals surface area (Å²) in [4.78, 5) is 25.5. The van der Waals surface area contributed by atoms with E-state index in [1.54, 1.807) is 6.07 Å². The first kappa shape index (κ1) is 19.1. The van der Waals surface area contributed by atoms with E-state index in [4.69, 9.17) is 23.2 Å². The highest BCUT2D eigenvalue weighted by molar-refractivity contribution is 6.53. The summed E-state index contributed by atoms with van der Waals surface area (Å²) < 4.78 is 38.9. The largest absolute Gasteiger partial charge is 0.506 e. The van der Waals surface area contributed by atoms with Crippen LogP contribution in [0.4, 0.5) is 24.5 Å². The van der Waals surface area contributed by atoms with Crippen molar-refractivity contribution < 1.29 is 27.9 Å². The number of phenolic OH excluding ortho intramolecular Hbond substituents is 1. The smallest absolute Gasteiger partial charge is 0.416 e. The van der Waals surface area contributed by atoms with Crippen LogP contribution in [-0.4, -0.2) is 16.9 Å². The summed E-state index contributed by atoms with van der Waals surface area (Å²) in [6.07, 6.45) is -4.70. The van der Waals surface area contributed by atoms with Gasteiger partial charge in [0.15, 0.2) is 0 Å². The highest BCUT2D eigenvalue weighted by atomic mass is 35.5. The number of amides is 2. The molecule has 27 heavy (non-hydrogen) atoms. The fourth-order valence-corrected chi connectivity index (χ4v) is 2.82. The molecule has 2 amide bonds. The minimum absolute atomic E-state index is 0.0868. The molecule has 3 rings (SSSR count). The number of halogens is 5. The molecule has 5 nitrogen and oxygen atoms in total. The van der Waals surface area contributed by atoms with Gasteiger partial charge < -0.3 is 10.4 Å². The van der Waals surface area contributed by atoms with Crippen molar-refractivity contribution in [1.29, 1.82) is 0 Å². The van der Waals surface area contributed by atoms with Crippen LogP contribution in [0.1, 0.15) is 5.56 Å². The Balaban J connectivity index is 2.00. The van der Waals surface area contributed by atoms with Crippen LogP contribution in [0, 0.1) is 0 Å². The van der Waals surface area contributed by atoms with Crippen LogP contribution in [0.3, 0.4) is 0 Å². The molecule has 0 aliphatic carbocycles. The second kappa shape index (κ2) is 6.79. The summed E-state index contributed by atoms with van der Waals surface area (Å²) in [6, 6.07) is 8.09. The van der Waals surface area contributed by atoms with Gasteiger partial charge in [0.05, 0.1) is 22.0 Å². The predicted molar refractivity (Wildman–Crippen MR) is 93.6 cm³/mol. The van der Waals surface area contributed by atoms with Crippen molar-refractivity contribution in [3.8, 4) is 5.75 Å². The maximum Gasteiger partial charge on any atom is 0.416 e. The number of carbonyl (C=O) groups excluding carboxylic acids is 2. The van der Waals surface area contributed by atoms with E-state index in [-0.39, 0.29) is 16.5 Å². The SMILES string of the molecule is O=C1C(Cl)=C(Nc2ccccc2O)C(=O)N1c1cc(C(F)(F)F)ccc1Cl. The first-order chi connectivity index (χ1) is 12.6. The number of phenols is 1. The average molecular weight is 417 g/mol. The van der Waals surface area contributed by atoms with E-state index in [9.17, 15) is 27.9 Å². The predicted octanol–water partition coefficient (Wildman–Crippen LogP) is 4.50. The Kier molecular flexibility index (Phi) is 4.79. The van der Waals surface area contributed by atoms with Gasteiger partial charge in [-0.05, 0) is 30.3 Å². The third kappa shape index (κ3) is 3.45. The zero-order chi connectivity index (χ0) is 19.9. The van der Waals surface area contributed by atoms with Crippen molar-refractivity contribution in [1.82, 2.24) is 0 Å². The zero-order valence-electron chi connectivity index (χ0n) is 13.1. The number of rotatable bonds is 3. The molecule has 0 bridgehead atoms. The second-order valence-electron chi connectivity index (χ2n) is 5.44. The second-order valence-corrected chi connectivity index (χ2v) is 6.23. The number of alkyl halides is 3. The maximum atomic E-state index is 13.0. The van der Waals surface area contributed by atoms with Crippen molar-refractivity contribution >= 4 is 46.4 Å². The Bertz CT molecular complexity index is 990. The van der Waals surface area contributed by atoms with E-state index in [2.05, 4.69) is 5.32 Å². The van der Waals surface area contributed by atoms with Crippen molar-refractivity contribution in [2.75, 3.05) is 10.2 Å². The van der Waals surface area contributed by atoms with Crippen molar-refractivity contribution in [2.24, 2.45) is 0 Å². The summed E-state index contributed by atoms with van der Waals surface area (Å²) in [5.74, 6) is -2.26. The van der Waals surface area contributed by atoms with Crippen LogP contribution in [0.5, 0.6) is 5.75 Å². The Morgan fingerprint density at radius 3 is 2.30 bits per heavy atom. The fourth-order valence-electron chi connectivity index (χ4n) is 2.40. The van der Waals surface area contributed by atoms with E-state index in [0.29, 0.717) is 11.0 Å². The van der Waals surface area contributed by atoms with E-state index < -0.39 is 40.0 Å². The van der Waals surface area contributed by atoms with Gasteiger partial charge >= 0.3 is 6.18 Å². The number of nitrogens with zero attached hydrogens (tertiary/aromatic N) is 1. The first-order valence-corrected chi connectivity index (χ1v) is 8.07. The lowest BCUT2D eigenvalue weighted by atomic mass is 10.2. The van der Waals surface area contributed by atoms with E-state index in [1.165, 1.54) is 18.2 Å². The third-order valence-electron chi connectivity index (χ3n) is 3.71. The van der Waals surface area contributed by atoms with E-state index in [1.807, 2.05) is 0 Å². The molecule has 1 aliphatic rings. The first-order valence-electron chi connectivity index (χ1n) is 7.31. The van der Waals surface area contributed by atoms with Gasteiger partial charge in [-0.3, -0.25) is 9.59 Å². The van der Waals surface area contributed by atoms with Crippen LogP contribution in [-0.2, 0) is 15.8 Å². The molecule has 2 aromatic carbocycles. The molecular formula is C17H9Cl2F3N2O3. The normalized spacial score (nSPS) is 14.9. The third-order valence-corrected chi connectivity index (χ3v) is 4.38. The molecule has 0 radical (unpaired) electrons. The highest BCUT2D eigenvalue weighted by Crippen LogP contribution is 2.39. The van der Waals surface area contributed by atoms with Gasteiger partial charge in [-0.1, -0.05) is 35.3 Å². The number of imide groups is 1. The molecule has 0 atom stereocenters. The van der Waals surface area contributed by atoms with Crippen molar-refractivity contribution in [3.63, 3.8) is 0 Å². The molecule has 1 heterocycles. The summed E-state index contributed by atoms with van der Waals surface area (Å²) in [6.45, 7) is 0. The topological polar surface area (TPSA) is 69.6 Å². The Labute approximate surface area is 160 Å². The number of benzene rings is 2. The Hall–Kier alpha value is -2.71. The number of para-hydroxylation sites is 2. The standard InChI is InChI=1S/C17H9Cl2F3N2O3/c18-9-6-5-8(17(20,21)22)7-11(9)24-15(26)13(19)14(16(24)27)23-10-3-1-2-4-12(10)25/h1-7,23,25H. The lowest BCUT2D eigenvalue weighted by Gasteiger charge is -2.18.